The summed E-state index contributed by atoms with van der Waals surface area (Å²) in [5.74, 6) is 0.743. The molecule has 7 heteroatoms. The Morgan fingerprint density at radius 3 is 2.74 bits per heavy atom. The number of aromatic nitrogens is 2. The molecule has 1 saturated carbocycles. The van der Waals surface area contributed by atoms with Crippen LogP contribution in [0.15, 0.2) is 12.4 Å². The van der Waals surface area contributed by atoms with Crippen molar-refractivity contribution in [2.75, 3.05) is 13.7 Å². The molecule has 0 unspecified atom stereocenters. The first-order valence-electron chi connectivity index (χ1n) is 8.10. The van der Waals surface area contributed by atoms with Gasteiger partial charge in [0.05, 0.1) is 13.2 Å². The van der Waals surface area contributed by atoms with Gasteiger partial charge < -0.3 is 19.9 Å². The molecule has 1 aromatic heterocycles. The van der Waals surface area contributed by atoms with Crippen LogP contribution in [-0.4, -0.2) is 46.6 Å². The fourth-order valence-corrected chi connectivity index (χ4v) is 3.41. The van der Waals surface area contributed by atoms with Crippen LogP contribution in [0.3, 0.4) is 0 Å². The number of methoxy groups -OCH3 is 1. The summed E-state index contributed by atoms with van der Waals surface area (Å²) >= 11 is 0. The molecule has 7 nitrogen and oxygen atoms in total. The smallest absolute Gasteiger partial charge is 0.407 e. The van der Waals surface area contributed by atoms with E-state index in [1.165, 1.54) is 7.11 Å². The summed E-state index contributed by atoms with van der Waals surface area (Å²) in [6, 6.07) is -0.630. The van der Waals surface area contributed by atoms with Gasteiger partial charge in [0.1, 0.15) is 11.9 Å². The van der Waals surface area contributed by atoms with Crippen LogP contribution in [-0.2, 0) is 9.53 Å². The SMILES string of the molecule is COC(=O)N[C@H](C(=O)N1CC2(CC2)C[C@H]1c1ncc[nH]1)C(C)C. The van der Waals surface area contributed by atoms with Gasteiger partial charge >= 0.3 is 6.09 Å². The van der Waals surface area contributed by atoms with E-state index >= 15 is 0 Å². The van der Waals surface area contributed by atoms with Crippen molar-refractivity contribution in [3.05, 3.63) is 18.2 Å². The third-order valence-corrected chi connectivity index (χ3v) is 4.97. The van der Waals surface area contributed by atoms with Crippen LogP contribution in [0.4, 0.5) is 4.79 Å². The summed E-state index contributed by atoms with van der Waals surface area (Å²) in [5.41, 5.74) is 0.250. The van der Waals surface area contributed by atoms with E-state index in [1.807, 2.05) is 18.7 Å². The fourth-order valence-electron chi connectivity index (χ4n) is 3.41. The third kappa shape index (κ3) is 3.04. The molecule has 126 valence electrons. The average Bonchev–Trinajstić information content (AvgIpc) is 2.93. The second-order valence-corrected chi connectivity index (χ2v) is 7.02. The van der Waals surface area contributed by atoms with Gasteiger partial charge in [-0.3, -0.25) is 4.79 Å². The van der Waals surface area contributed by atoms with E-state index in [9.17, 15) is 9.59 Å². The minimum atomic E-state index is -0.589. The van der Waals surface area contributed by atoms with Crippen molar-refractivity contribution in [3.63, 3.8) is 0 Å². The fraction of sp³-hybridized carbons (Fsp3) is 0.688. The quantitative estimate of drug-likeness (QED) is 0.886. The monoisotopic (exact) mass is 320 g/mol. The third-order valence-electron chi connectivity index (χ3n) is 4.97. The molecule has 2 N–H and O–H groups in total. The molecule has 23 heavy (non-hydrogen) atoms. The first-order chi connectivity index (χ1) is 11.0. The molecule has 2 heterocycles. The molecule has 0 aromatic carbocycles. The van der Waals surface area contributed by atoms with Gasteiger partial charge in [0, 0.05) is 18.9 Å². The second kappa shape index (κ2) is 5.86. The minimum absolute atomic E-state index is 0.0189. The van der Waals surface area contributed by atoms with E-state index in [2.05, 4.69) is 20.0 Å². The Hall–Kier alpha value is -2.05. The number of alkyl carbamates (subject to hydrolysis) is 1. The Labute approximate surface area is 135 Å². The Morgan fingerprint density at radius 1 is 1.48 bits per heavy atom. The minimum Gasteiger partial charge on any atom is -0.453 e. The lowest BCUT2D eigenvalue weighted by molar-refractivity contribution is -0.135. The number of nitrogens with one attached hydrogen (secondary N) is 2. The number of carbonyl (C=O) groups is 2. The molecule has 1 saturated heterocycles. The van der Waals surface area contributed by atoms with Gasteiger partial charge in [0.15, 0.2) is 0 Å². The van der Waals surface area contributed by atoms with Gasteiger partial charge in [-0.15, -0.1) is 0 Å². The Morgan fingerprint density at radius 2 is 2.22 bits per heavy atom. The molecule has 1 aliphatic heterocycles. The van der Waals surface area contributed by atoms with Crippen molar-refractivity contribution in [2.45, 2.75) is 45.2 Å². The Kier molecular flexibility index (Phi) is 4.04. The van der Waals surface area contributed by atoms with E-state index in [-0.39, 0.29) is 23.3 Å². The van der Waals surface area contributed by atoms with Crippen LogP contribution < -0.4 is 5.32 Å². The molecule has 2 aliphatic rings. The molecule has 3 rings (SSSR count). The zero-order valence-corrected chi connectivity index (χ0v) is 13.8. The highest BCUT2D eigenvalue weighted by Gasteiger charge is 2.55. The lowest BCUT2D eigenvalue weighted by atomic mass is 10.0. The molecular weight excluding hydrogens is 296 g/mol. The number of nitrogens with zero attached hydrogens (tertiary/aromatic N) is 2. The maximum atomic E-state index is 13.1. The van der Waals surface area contributed by atoms with Gasteiger partial charge in [-0.25, -0.2) is 9.78 Å². The standard InChI is InChI=1S/C16H24N4O3/c1-10(2)12(19-15(22)23-3)14(21)20-9-16(4-5-16)8-11(20)13-17-6-7-18-13/h6-7,10-12H,4-5,8-9H2,1-3H3,(H,17,18)(H,19,22)/t11-,12-/m0/s1. The maximum Gasteiger partial charge on any atom is 0.407 e. The first-order valence-corrected chi connectivity index (χ1v) is 8.10. The van der Waals surface area contributed by atoms with Crippen molar-refractivity contribution >= 4 is 12.0 Å². The lowest BCUT2D eigenvalue weighted by Crippen LogP contribution is -2.51. The van der Waals surface area contributed by atoms with Crippen LogP contribution >= 0.6 is 0 Å². The van der Waals surface area contributed by atoms with Gasteiger partial charge in [-0.1, -0.05) is 13.8 Å². The highest BCUT2D eigenvalue weighted by Crippen LogP contribution is 2.58. The van der Waals surface area contributed by atoms with Crippen LogP contribution in [0.5, 0.6) is 0 Å². The zero-order chi connectivity index (χ0) is 16.6. The van der Waals surface area contributed by atoms with Gasteiger partial charge in [0.25, 0.3) is 0 Å². The Balaban J connectivity index is 1.81. The number of H-pyrrole nitrogens is 1. The number of rotatable bonds is 4. The average molecular weight is 320 g/mol. The van der Waals surface area contributed by atoms with Gasteiger partial charge in [-0.2, -0.15) is 0 Å². The Bertz CT molecular complexity index is 580. The topological polar surface area (TPSA) is 87.3 Å². The summed E-state index contributed by atoms with van der Waals surface area (Å²) < 4.78 is 4.66. The number of hydrogen-bond acceptors (Lipinski definition) is 4. The van der Waals surface area contributed by atoms with Crippen LogP contribution in [0, 0.1) is 11.3 Å². The van der Waals surface area contributed by atoms with E-state index in [4.69, 9.17) is 0 Å². The molecule has 2 fully saturated rings. The predicted octanol–water partition coefficient (Wildman–Crippen LogP) is 1.84. The number of carbonyl (C=O) groups excluding carboxylic acids is 2. The molecule has 1 aliphatic carbocycles. The van der Waals surface area contributed by atoms with Gasteiger partial charge in [-0.05, 0) is 30.6 Å². The molecular formula is C16H24N4O3. The van der Waals surface area contributed by atoms with Crippen LogP contribution in [0.2, 0.25) is 0 Å². The van der Waals surface area contributed by atoms with Crippen molar-refractivity contribution < 1.29 is 14.3 Å². The summed E-state index contributed by atoms with van der Waals surface area (Å²) in [6.45, 7) is 4.58. The molecule has 1 spiro atoms. The van der Waals surface area contributed by atoms with E-state index < -0.39 is 12.1 Å². The van der Waals surface area contributed by atoms with E-state index in [0.717, 1.165) is 31.6 Å². The maximum absolute atomic E-state index is 13.1. The number of ether oxygens (including phenoxy) is 1. The summed E-state index contributed by atoms with van der Waals surface area (Å²) in [7, 11) is 1.30. The highest BCUT2D eigenvalue weighted by atomic mass is 16.5. The van der Waals surface area contributed by atoms with Crippen molar-refractivity contribution in [2.24, 2.45) is 11.3 Å². The number of hydrogen-bond donors (Lipinski definition) is 2. The molecule has 2 amide bonds. The molecule has 2 atom stereocenters. The lowest BCUT2D eigenvalue weighted by Gasteiger charge is -2.30. The van der Waals surface area contributed by atoms with E-state index in [1.54, 1.807) is 12.4 Å². The van der Waals surface area contributed by atoms with Crippen LogP contribution in [0.25, 0.3) is 0 Å². The van der Waals surface area contributed by atoms with E-state index in [0.29, 0.717) is 0 Å². The molecule has 0 bridgehead atoms. The molecule has 0 radical (unpaired) electrons. The number of aromatic amines is 1. The first kappa shape index (κ1) is 15.8. The summed E-state index contributed by atoms with van der Waals surface area (Å²) in [4.78, 5) is 34.0. The summed E-state index contributed by atoms with van der Waals surface area (Å²) in [5, 5.41) is 2.67. The largest absolute Gasteiger partial charge is 0.453 e. The second-order valence-electron chi connectivity index (χ2n) is 7.02. The number of imidazole rings is 1. The summed E-state index contributed by atoms with van der Waals surface area (Å²) in [6.07, 6.45) is 6.17. The normalized spacial score (nSPS) is 23.1. The van der Waals surface area contributed by atoms with Crippen molar-refractivity contribution in [1.29, 1.82) is 0 Å². The number of amides is 2. The van der Waals surface area contributed by atoms with Gasteiger partial charge in [0.2, 0.25) is 5.91 Å². The highest BCUT2D eigenvalue weighted by molar-refractivity contribution is 5.86. The number of likely N-dealkylation sites (tertiary alicyclic amines) is 1. The van der Waals surface area contributed by atoms with Crippen LogP contribution in [0.1, 0.15) is 45.0 Å². The molecule has 1 aromatic rings. The predicted molar refractivity (Wildman–Crippen MR) is 83.5 cm³/mol. The van der Waals surface area contributed by atoms with Crippen molar-refractivity contribution in [1.82, 2.24) is 20.2 Å². The zero-order valence-electron chi connectivity index (χ0n) is 13.8. The van der Waals surface area contributed by atoms with Crippen molar-refractivity contribution in [3.8, 4) is 0 Å².